The summed E-state index contributed by atoms with van der Waals surface area (Å²) in [5.41, 5.74) is 9.54. The molecule has 0 atom stereocenters. The lowest BCUT2D eigenvalue weighted by Gasteiger charge is -2.08. The topological polar surface area (TPSA) is 55.9 Å². The molecule has 100 valence electrons. The number of rotatable bonds is 6. The second kappa shape index (κ2) is 5.94. The van der Waals surface area contributed by atoms with Gasteiger partial charge in [-0.25, -0.2) is 0 Å². The largest absolute Gasteiger partial charge is 0.394 e. The maximum atomic E-state index is 6.12. The highest BCUT2D eigenvalue weighted by Gasteiger charge is 2.12. The first-order valence-electron chi connectivity index (χ1n) is 6.95. The van der Waals surface area contributed by atoms with E-state index < -0.39 is 0 Å². The molecule has 1 aliphatic rings. The number of nitrogens with one attached hydrogen (secondary N) is 1. The smallest absolute Gasteiger partial charge is 0.147 e. The molecule has 0 bridgehead atoms. The van der Waals surface area contributed by atoms with E-state index in [2.05, 4.69) is 23.4 Å². The van der Waals surface area contributed by atoms with Gasteiger partial charge in [0.15, 0.2) is 0 Å². The molecule has 0 radical (unpaired) electrons. The van der Waals surface area contributed by atoms with Crippen LogP contribution in [0.1, 0.15) is 44.7 Å². The number of nitrogens with two attached hydrogens (primary N) is 1. The van der Waals surface area contributed by atoms with Gasteiger partial charge in [-0.1, -0.05) is 25.0 Å². The van der Waals surface area contributed by atoms with Gasteiger partial charge in [-0.05, 0) is 32.1 Å². The summed E-state index contributed by atoms with van der Waals surface area (Å²) in [6.45, 7) is 3.09. The van der Waals surface area contributed by atoms with E-state index in [0.717, 1.165) is 43.0 Å². The van der Waals surface area contributed by atoms with Crippen LogP contribution in [0.2, 0.25) is 0 Å². The lowest BCUT2D eigenvalue weighted by atomic mass is 10.1. The van der Waals surface area contributed by atoms with E-state index in [1.165, 1.54) is 19.3 Å². The summed E-state index contributed by atoms with van der Waals surface area (Å²) in [7, 11) is 1.95. The van der Waals surface area contributed by atoms with Crippen molar-refractivity contribution >= 4 is 11.5 Å². The van der Waals surface area contributed by atoms with E-state index in [0.29, 0.717) is 0 Å². The molecule has 0 spiro atoms. The van der Waals surface area contributed by atoms with Crippen LogP contribution in [0.5, 0.6) is 0 Å². The van der Waals surface area contributed by atoms with Gasteiger partial charge in [-0.15, -0.1) is 0 Å². The van der Waals surface area contributed by atoms with E-state index in [4.69, 9.17) is 5.73 Å². The third-order valence-electron chi connectivity index (χ3n) is 3.52. The first-order chi connectivity index (χ1) is 8.72. The molecule has 4 heteroatoms. The Balaban J connectivity index is 1.92. The minimum Gasteiger partial charge on any atom is -0.394 e. The molecule has 18 heavy (non-hydrogen) atoms. The Morgan fingerprint density at radius 3 is 2.94 bits per heavy atom. The average molecular weight is 248 g/mol. The highest BCUT2D eigenvalue weighted by atomic mass is 15.3. The molecule has 0 amide bonds. The minimum absolute atomic E-state index is 0.819. The first-order valence-corrected chi connectivity index (χ1v) is 6.95. The second-order valence-electron chi connectivity index (χ2n) is 5.01. The van der Waals surface area contributed by atoms with Gasteiger partial charge < -0.3 is 11.1 Å². The quantitative estimate of drug-likeness (QED) is 0.761. The highest BCUT2D eigenvalue weighted by Crippen LogP contribution is 2.24. The fourth-order valence-corrected chi connectivity index (χ4v) is 2.53. The average Bonchev–Trinajstić information content (AvgIpc) is 2.93. The normalized spacial score (nSPS) is 14.9. The Hall–Kier alpha value is -1.45. The van der Waals surface area contributed by atoms with Gasteiger partial charge in [0, 0.05) is 13.6 Å². The zero-order chi connectivity index (χ0) is 13.0. The summed E-state index contributed by atoms with van der Waals surface area (Å²) in [5, 5.41) is 7.89. The number of nitrogens with zero attached hydrogens (tertiary/aromatic N) is 2. The van der Waals surface area contributed by atoms with E-state index in [1.807, 2.05) is 11.7 Å². The molecule has 0 saturated heterocycles. The highest BCUT2D eigenvalue weighted by molar-refractivity contribution is 5.65. The van der Waals surface area contributed by atoms with E-state index >= 15 is 0 Å². The van der Waals surface area contributed by atoms with Crippen molar-refractivity contribution in [3.63, 3.8) is 0 Å². The predicted octanol–water partition coefficient (Wildman–Crippen LogP) is 2.87. The van der Waals surface area contributed by atoms with Gasteiger partial charge >= 0.3 is 0 Å². The van der Waals surface area contributed by atoms with Crippen LogP contribution >= 0.6 is 0 Å². The van der Waals surface area contributed by atoms with E-state index in [9.17, 15) is 0 Å². The number of hydrogen-bond acceptors (Lipinski definition) is 3. The van der Waals surface area contributed by atoms with Crippen LogP contribution < -0.4 is 11.1 Å². The third kappa shape index (κ3) is 2.86. The van der Waals surface area contributed by atoms with Crippen LogP contribution in [0.25, 0.3) is 0 Å². The zero-order valence-corrected chi connectivity index (χ0v) is 11.5. The summed E-state index contributed by atoms with van der Waals surface area (Å²) >= 11 is 0. The van der Waals surface area contributed by atoms with E-state index in [-0.39, 0.29) is 0 Å². The summed E-state index contributed by atoms with van der Waals surface area (Å²) < 4.78 is 1.86. The van der Waals surface area contributed by atoms with Crippen molar-refractivity contribution in [3.05, 3.63) is 17.3 Å². The molecule has 0 unspecified atom stereocenters. The number of aromatic nitrogens is 2. The van der Waals surface area contributed by atoms with Crippen LogP contribution in [0, 0.1) is 0 Å². The molecule has 0 aliphatic heterocycles. The zero-order valence-electron chi connectivity index (χ0n) is 11.5. The molecule has 1 heterocycles. The maximum Gasteiger partial charge on any atom is 0.147 e. The van der Waals surface area contributed by atoms with Crippen molar-refractivity contribution in [2.45, 2.75) is 45.4 Å². The summed E-state index contributed by atoms with van der Waals surface area (Å²) in [6, 6.07) is 0. The van der Waals surface area contributed by atoms with Crippen molar-refractivity contribution in [1.82, 2.24) is 9.78 Å². The number of allylic oxidation sites excluding steroid dienone is 1. The fraction of sp³-hybridized carbons (Fsp3) is 0.643. The summed E-state index contributed by atoms with van der Waals surface area (Å²) in [6.07, 6.45) is 9.36. The van der Waals surface area contributed by atoms with Crippen LogP contribution in [-0.2, 0) is 13.5 Å². The summed E-state index contributed by atoms with van der Waals surface area (Å²) in [5.74, 6) is 0.969. The first kappa shape index (κ1) is 13.0. The molecule has 1 aromatic rings. The van der Waals surface area contributed by atoms with E-state index in [1.54, 1.807) is 5.57 Å². The molecule has 0 saturated carbocycles. The molecular formula is C14H24N4. The van der Waals surface area contributed by atoms with Crippen molar-refractivity contribution in [1.29, 1.82) is 0 Å². The maximum absolute atomic E-state index is 6.12. The van der Waals surface area contributed by atoms with Gasteiger partial charge in [0.25, 0.3) is 0 Å². The van der Waals surface area contributed by atoms with Crippen molar-refractivity contribution in [2.75, 3.05) is 17.6 Å². The van der Waals surface area contributed by atoms with Crippen LogP contribution in [0.3, 0.4) is 0 Å². The molecule has 2 rings (SSSR count). The van der Waals surface area contributed by atoms with Gasteiger partial charge in [-0.2, -0.15) is 5.10 Å². The molecule has 1 aromatic heterocycles. The number of hydrogen-bond donors (Lipinski definition) is 2. The standard InChI is InChI=1S/C14H24N4/c1-3-6-12-13(15)14(18(2)17-12)16-10-9-11-7-4-5-8-11/h7,16H,3-6,8-10,15H2,1-2H3. The Labute approximate surface area is 109 Å². The van der Waals surface area contributed by atoms with Gasteiger partial charge in [0.2, 0.25) is 0 Å². The Bertz CT molecular complexity index is 431. The Morgan fingerprint density at radius 2 is 2.28 bits per heavy atom. The lowest BCUT2D eigenvalue weighted by molar-refractivity contribution is 0.734. The molecular weight excluding hydrogens is 224 g/mol. The molecule has 3 N–H and O–H groups in total. The predicted molar refractivity (Wildman–Crippen MR) is 76.7 cm³/mol. The molecule has 4 nitrogen and oxygen atoms in total. The molecule has 0 fully saturated rings. The Morgan fingerprint density at radius 1 is 1.44 bits per heavy atom. The number of anilines is 2. The Kier molecular flexibility index (Phi) is 4.28. The van der Waals surface area contributed by atoms with Gasteiger partial charge in [0.05, 0.1) is 11.4 Å². The summed E-state index contributed by atoms with van der Waals surface area (Å²) in [4.78, 5) is 0. The lowest BCUT2D eigenvalue weighted by Crippen LogP contribution is -2.08. The minimum atomic E-state index is 0.819. The SMILES string of the molecule is CCCc1nn(C)c(NCCC2=CCCC2)c1N. The third-order valence-corrected chi connectivity index (χ3v) is 3.52. The van der Waals surface area contributed by atoms with Gasteiger partial charge in [0.1, 0.15) is 5.82 Å². The van der Waals surface area contributed by atoms with Crippen molar-refractivity contribution < 1.29 is 0 Å². The molecule has 1 aliphatic carbocycles. The van der Waals surface area contributed by atoms with Crippen LogP contribution in [0.4, 0.5) is 11.5 Å². The van der Waals surface area contributed by atoms with Crippen LogP contribution in [0.15, 0.2) is 11.6 Å². The second-order valence-corrected chi connectivity index (χ2v) is 5.01. The number of aryl methyl sites for hydroxylation is 2. The van der Waals surface area contributed by atoms with Crippen molar-refractivity contribution in [3.8, 4) is 0 Å². The van der Waals surface area contributed by atoms with Crippen LogP contribution in [-0.4, -0.2) is 16.3 Å². The fourth-order valence-electron chi connectivity index (χ4n) is 2.53. The van der Waals surface area contributed by atoms with Crippen molar-refractivity contribution in [2.24, 2.45) is 7.05 Å². The molecule has 0 aromatic carbocycles. The van der Waals surface area contributed by atoms with Gasteiger partial charge in [-0.3, -0.25) is 4.68 Å². The number of nitrogen functional groups attached to an aromatic ring is 1. The monoisotopic (exact) mass is 248 g/mol.